The second-order valence-electron chi connectivity index (χ2n) is 13.3. The molecule has 1 aliphatic rings. The van der Waals surface area contributed by atoms with E-state index < -0.39 is 53.2 Å². The van der Waals surface area contributed by atoms with Crippen LogP contribution in [0.1, 0.15) is 84.5 Å². The van der Waals surface area contributed by atoms with Crippen molar-refractivity contribution in [1.82, 2.24) is 15.5 Å². The second kappa shape index (κ2) is 14.0. The van der Waals surface area contributed by atoms with E-state index in [2.05, 4.69) is 16.6 Å². The van der Waals surface area contributed by atoms with Crippen LogP contribution in [0.4, 0.5) is 4.79 Å². The standard InChI is InChI=1S/C35H45N3O6/c1-10-25-18-14-15-19-26(25)29(38(28-20-22(28)2)31(40)23(3)36-33(42)44-35(7,8)9)30(39)37-27(32(41)43-34(4,5)6)21-24-16-12-11-13-17-24/h1,11-19,22-23,27-29H,20-21H2,2-9H3,(H,36,42)(H,37,39). The Morgan fingerprint density at radius 1 is 0.932 bits per heavy atom. The number of hydrogen-bond acceptors (Lipinski definition) is 6. The first-order valence-electron chi connectivity index (χ1n) is 14.9. The van der Waals surface area contributed by atoms with Crippen molar-refractivity contribution in [2.24, 2.45) is 5.92 Å². The average Bonchev–Trinajstić information content (AvgIpc) is 3.64. The number of carbonyl (C=O) groups excluding carboxylic acids is 4. The Kier molecular flexibility index (Phi) is 10.9. The lowest BCUT2D eigenvalue weighted by molar-refractivity contribution is -0.159. The van der Waals surface area contributed by atoms with Gasteiger partial charge in [-0.1, -0.05) is 61.4 Å². The molecule has 1 aliphatic carbocycles. The molecule has 9 heteroatoms. The minimum Gasteiger partial charge on any atom is -0.458 e. The van der Waals surface area contributed by atoms with Crippen LogP contribution in [0.5, 0.6) is 0 Å². The molecule has 5 unspecified atom stereocenters. The predicted octanol–water partition coefficient (Wildman–Crippen LogP) is 4.93. The quantitative estimate of drug-likeness (QED) is 0.294. The maximum atomic E-state index is 14.4. The highest BCUT2D eigenvalue weighted by atomic mass is 16.6. The predicted molar refractivity (Wildman–Crippen MR) is 168 cm³/mol. The zero-order valence-electron chi connectivity index (χ0n) is 27.0. The van der Waals surface area contributed by atoms with Gasteiger partial charge in [-0.25, -0.2) is 9.59 Å². The fraction of sp³-hybridized carbons (Fsp3) is 0.486. The molecule has 3 rings (SSSR count). The molecule has 2 aromatic rings. The second-order valence-corrected chi connectivity index (χ2v) is 13.3. The molecular weight excluding hydrogens is 558 g/mol. The van der Waals surface area contributed by atoms with Gasteiger partial charge >= 0.3 is 12.1 Å². The molecule has 9 nitrogen and oxygen atoms in total. The van der Waals surface area contributed by atoms with E-state index in [9.17, 15) is 19.2 Å². The van der Waals surface area contributed by atoms with Gasteiger partial charge in [0.1, 0.15) is 29.3 Å². The Bertz CT molecular complexity index is 1390. The van der Waals surface area contributed by atoms with Crippen LogP contribution < -0.4 is 10.6 Å². The number of nitrogens with zero attached hydrogens (tertiary/aromatic N) is 1. The van der Waals surface area contributed by atoms with Gasteiger partial charge in [-0.15, -0.1) is 6.42 Å². The topological polar surface area (TPSA) is 114 Å². The summed E-state index contributed by atoms with van der Waals surface area (Å²) in [6, 6.07) is 12.7. The smallest absolute Gasteiger partial charge is 0.408 e. The van der Waals surface area contributed by atoms with Gasteiger partial charge in [0.25, 0.3) is 0 Å². The molecule has 2 aromatic carbocycles. The Balaban J connectivity index is 2.04. The Labute approximate surface area is 261 Å². The van der Waals surface area contributed by atoms with Gasteiger partial charge in [-0.3, -0.25) is 9.59 Å². The van der Waals surface area contributed by atoms with Crippen LogP contribution >= 0.6 is 0 Å². The number of carbonyl (C=O) groups is 4. The van der Waals surface area contributed by atoms with E-state index >= 15 is 0 Å². The molecule has 3 amide bonds. The summed E-state index contributed by atoms with van der Waals surface area (Å²) in [5.74, 6) is 1.07. The number of hydrogen-bond donors (Lipinski definition) is 2. The van der Waals surface area contributed by atoms with Crippen molar-refractivity contribution in [2.45, 2.75) is 104 Å². The van der Waals surface area contributed by atoms with Crippen molar-refractivity contribution in [1.29, 1.82) is 0 Å². The molecule has 0 heterocycles. The molecule has 1 fully saturated rings. The summed E-state index contributed by atoms with van der Waals surface area (Å²) in [6.07, 6.45) is 5.94. The highest BCUT2D eigenvalue weighted by Crippen LogP contribution is 2.41. The molecule has 0 aromatic heterocycles. The van der Waals surface area contributed by atoms with Crippen molar-refractivity contribution in [3.63, 3.8) is 0 Å². The summed E-state index contributed by atoms with van der Waals surface area (Å²) in [7, 11) is 0. The maximum absolute atomic E-state index is 14.4. The number of benzene rings is 2. The molecule has 0 radical (unpaired) electrons. The molecule has 0 bridgehead atoms. The SMILES string of the molecule is C#Cc1ccccc1C(C(=O)NC(Cc1ccccc1)C(=O)OC(C)(C)C)N(C(=O)C(C)NC(=O)OC(C)(C)C)C1CC1C. The van der Waals surface area contributed by atoms with E-state index in [1.807, 2.05) is 37.3 Å². The van der Waals surface area contributed by atoms with E-state index in [1.54, 1.807) is 72.7 Å². The Morgan fingerprint density at radius 2 is 1.50 bits per heavy atom. The van der Waals surface area contributed by atoms with Crippen molar-refractivity contribution in [2.75, 3.05) is 0 Å². The molecule has 1 saturated carbocycles. The van der Waals surface area contributed by atoms with E-state index in [1.165, 1.54) is 4.90 Å². The summed E-state index contributed by atoms with van der Waals surface area (Å²) in [5.41, 5.74) is 0.139. The maximum Gasteiger partial charge on any atom is 0.408 e. The van der Waals surface area contributed by atoms with Crippen LogP contribution in [-0.2, 0) is 30.3 Å². The third kappa shape index (κ3) is 9.60. The summed E-state index contributed by atoms with van der Waals surface area (Å²) in [5, 5.41) is 5.50. The van der Waals surface area contributed by atoms with Gasteiger partial charge in [0.05, 0.1) is 0 Å². The fourth-order valence-corrected chi connectivity index (χ4v) is 4.89. The molecule has 0 aliphatic heterocycles. The van der Waals surface area contributed by atoms with Gasteiger partial charge in [-0.05, 0) is 78.0 Å². The van der Waals surface area contributed by atoms with E-state index in [0.29, 0.717) is 17.5 Å². The lowest BCUT2D eigenvalue weighted by Crippen LogP contribution is -2.55. The van der Waals surface area contributed by atoms with Crippen molar-refractivity contribution >= 4 is 23.9 Å². The highest BCUT2D eigenvalue weighted by molar-refractivity contribution is 5.94. The lowest BCUT2D eigenvalue weighted by atomic mass is 9.96. The van der Waals surface area contributed by atoms with Crippen LogP contribution in [-0.4, -0.2) is 58.1 Å². The van der Waals surface area contributed by atoms with Crippen LogP contribution in [0.25, 0.3) is 0 Å². The van der Waals surface area contributed by atoms with Crippen LogP contribution in [0.2, 0.25) is 0 Å². The first-order chi connectivity index (χ1) is 20.5. The third-order valence-electron chi connectivity index (χ3n) is 7.01. The van der Waals surface area contributed by atoms with Gasteiger partial charge in [0, 0.05) is 18.0 Å². The number of rotatable bonds is 10. The summed E-state index contributed by atoms with van der Waals surface area (Å²) < 4.78 is 11.0. The molecule has 44 heavy (non-hydrogen) atoms. The molecule has 5 atom stereocenters. The molecule has 2 N–H and O–H groups in total. The van der Waals surface area contributed by atoms with Crippen molar-refractivity contribution < 1.29 is 28.7 Å². The number of ether oxygens (including phenoxy) is 2. The zero-order chi connectivity index (χ0) is 32.8. The Hall–Kier alpha value is -4.32. The van der Waals surface area contributed by atoms with E-state index in [4.69, 9.17) is 15.9 Å². The lowest BCUT2D eigenvalue weighted by Gasteiger charge is -2.35. The monoisotopic (exact) mass is 603 g/mol. The average molecular weight is 604 g/mol. The summed E-state index contributed by atoms with van der Waals surface area (Å²) in [6.45, 7) is 14.0. The summed E-state index contributed by atoms with van der Waals surface area (Å²) >= 11 is 0. The first-order valence-corrected chi connectivity index (χ1v) is 14.9. The summed E-state index contributed by atoms with van der Waals surface area (Å²) in [4.78, 5) is 56.0. The van der Waals surface area contributed by atoms with Crippen LogP contribution in [0.15, 0.2) is 54.6 Å². The fourth-order valence-electron chi connectivity index (χ4n) is 4.89. The van der Waals surface area contributed by atoms with E-state index in [0.717, 1.165) is 5.56 Å². The minimum atomic E-state index is -1.19. The van der Waals surface area contributed by atoms with E-state index in [-0.39, 0.29) is 18.4 Å². The first kappa shape index (κ1) is 34.2. The zero-order valence-corrected chi connectivity index (χ0v) is 27.0. The third-order valence-corrected chi connectivity index (χ3v) is 7.01. The number of nitrogens with one attached hydrogen (secondary N) is 2. The normalized spacial score (nSPS) is 18.1. The van der Waals surface area contributed by atoms with Crippen molar-refractivity contribution in [3.8, 4) is 12.3 Å². The molecule has 236 valence electrons. The van der Waals surface area contributed by atoms with Crippen LogP contribution in [0.3, 0.4) is 0 Å². The van der Waals surface area contributed by atoms with Gasteiger partial charge in [0.15, 0.2) is 0 Å². The number of amides is 3. The number of terminal acetylenes is 1. The highest BCUT2D eigenvalue weighted by Gasteiger charge is 2.48. The van der Waals surface area contributed by atoms with Gasteiger partial charge in [0.2, 0.25) is 11.8 Å². The van der Waals surface area contributed by atoms with Crippen molar-refractivity contribution in [3.05, 3.63) is 71.3 Å². The largest absolute Gasteiger partial charge is 0.458 e. The van der Waals surface area contributed by atoms with Gasteiger partial charge in [-0.2, -0.15) is 0 Å². The Morgan fingerprint density at radius 3 is 2.05 bits per heavy atom. The molecule has 0 spiro atoms. The molecule has 0 saturated heterocycles. The molecular formula is C35H45N3O6. The number of esters is 1. The number of alkyl carbamates (subject to hydrolysis) is 1. The van der Waals surface area contributed by atoms with Gasteiger partial charge < -0.3 is 25.0 Å². The van der Waals surface area contributed by atoms with Crippen LogP contribution in [0, 0.1) is 18.3 Å². The minimum absolute atomic E-state index is 0.104.